The van der Waals surface area contributed by atoms with Crippen molar-refractivity contribution in [1.82, 2.24) is 15.8 Å². The third kappa shape index (κ3) is 4.87. The van der Waals surface area contributed by atoms with Crippen LogP contribution in [-0.4, -0.2) is 17.7 Å². The Bertz CT molecular complexity index is 607. The molecule has 0 atom stereocenters. The van der Waals surface area contributed by atoms with Crippen molar-refractivity contribution in [2.75, 3.05) is 6.54 Å². The third-order valence-electron chi connectivity index (χ3n) is 3.08. The number of guanidine groups is 1. The SMILES string of the molecule is CCNC(=NCc1ccc(F)cc1)NCc1cc(CC)no1. The molecule has 0 radical (unpaired) electrons. The molecule has 22 heavy (non-hydrogen) atoms. The molecule has 118 valence electrons. The predicted octanol–water partition coefficient (Wildman–Crippen LogP) is 2.63. The van der Waals surface area contributed by atoms with Gasteiger partial charge in [-0.25, -0.2) is 9.38 Å². The van der Waals surface area contributed by atoms with Crippen LogP contribution in [0, 0.1) is 5.82 Å². The van der Waals surface area contributed by atoms with Crippen molar-refractivity contribution in [3.05, 3.63) is 53.2 Å². The maximum atomic E-state index is 12.9. The Labute approximate surface area is 129 Å². The van der Waals surface area contributed by atoms with Gasteiger partial charge < -0.3 is 15.2 Å². The van der Waals surface area contributed by atoms with E-state index in [4.69, 9.17) is 4.52 Å². The maximum absolute atomic E-state index is 12.9. The second-order valence-corrected chi connectivity index (χ2v) is 4.81. The summed E-state index contributed by atoms with van der Waals surface area (Å²) in [6.45, 7) is 5.78. The van der Waals surface area contributed by atoms with Gasteiger partial charge in [0.2, 0.25) is 0 Å². The first-order valence-electron chi connectivity index (χ1n) is 7.42. The first kappa shape index (κ1) is 16.0. The van der Waals surface area contributed by atoms with Crippen molar-refractivity contribution in [3.63, 3.8) is 0 Å². The summed E-state index contributed by atoms with van der Waals surface area (Å²) in [4.78, 5) is 4.47. The topological polar surface area (TPSA) is 62.5 Å². The van der Waals surface area contributed by atoms with Gasteiger partial charge in [0.25, 0.3) is 0 Å². The summed E-state index contributed by atoms with van der Waals surface area (Å²) < 4.78 is 18.1. The second-order valence-electron chi connectivity index (χ2n) is 4.81. The Balaban J connectivity index is 1.93. The van der Waals surface area contributed by atoms with E-state index >= 15 is 0 Å². The van der Waals surface area contributed by atoms with E-state index in [0.717, 1.165) is 30.0 Å². The lowest BCUT2D eigenvalue weighted by atomic mass is 10.2. The number of aryl methyl sites for hydroxylation is 1. The molecule has 0 fully saturated rings. The Hall–Kier alpha value is -2.37. The van der Waals surface area contributed by atoms with Crippen molar-refractivity contribution in [3.8, 4) is 0 Å². The van der Waals surface area contributed by atoms with Gasteiger partial charge in [-0.2, -0.15) is 0 Å². The van der Waals surface area contributed by atoms with Gasteiger partial charge in [0.05, 0.1) is 18.8 Å². The molecule has 6 heteroatoms. The van der Waals surface area contributed by atoms with Crippen molar-refractivity contribution < 1.29 is 8.91 Å². The average molecular weight is 304 g/mol. The standard InChI is InChI=1S/C16H21FN4O/c1-3-14-9-15(22-21-14)11-20-16(18-4-2)19-10-12-5-7-13(17)8-6-12/h5-9H,3-4,10-11H2,1-2H3,(H2,18,19,20). The minimum absolute atomic E-state index is 0.241. The maximum Gasteiger partial charge on any atom is 0.191 e. The first-order chi connectivity index (χ1) is 10.7. The van der Waals surface area contributed by atoms with Crippen LogP contribution < -0.4 is 10.6 Å². The van der Waals surface area contributed by atoms with Gasteiger partial charge in [-0.1, -0.05) is 24.2 Å². The molecule has 1 heterocycles. The lowest BCUT2D eigenvalue weighted by Crippen LogP contribution is -2.36. The molecule has 0 saturated carbocycles. The van der Waals surface area contributed by atoms with Crippen LogP contribution in [0.5, 0.6) is 0 Å². The van der Waals surface area contributed by atoms with Crippen molar-refractivity contribution in [1.29, 1.82) is 0 Å². The Morgan fingerprint density at radius 2 is 2.00 bits per heavy atom. The van der Waals surface area contributed by atoms with E-state index in [1.54, 1.807) is 12.1 Å². The molecule has 0 aliphatic heterocycles. The summed E-state index contributed by atoms with van der Waals surface area (Å²) in [6, 6.07) is 8.26. The number of aliphatic imine (C=N–C) groups is 1. The molecule has 2 rings (SSSR count). The molecular formula is C16H21FN4O. The molecule has 0 unspecified atom stereocenters. The van der Waals surface area contributed by atoms with Crippen LogP contribution in [0.25, 0.3) is 0 Å². The number of nitrogens with one attached hydrogen (secondary N) is 2. The molecule has 1 aromatic carbocycles. The Kier molecular flexibility index (Phi) is 5.94. The number of hydrogen-bond donors (Lipinski definition) is 2. The number of halogens is 1. The van der Waals surface area contributed by atoms with Crippen LogP contribution in [-0.2, 0) is 19.5 Å². The number of hydrogen-bond acceptors (Lipinski definition) is 3. The summed E-state index contributed by atoms with van der Waals surface area (Å²) in [5.41, 5.74) is 1.89. The van der Waals surface area contributed by atoms with Gasteiger partial charge in [-0.3, -0.25) is 0 Å². The fourth-order valence-electron chi connectivity index (χ4n) is 1.88. The molecule has 5 nitrogen and oxygen atoms in total. The van der Waals surface area contributed by atoms with Crippen LogP contribution in [0.1, 0.15) is 30.9 Å². The van der Waals surface area contributed by atoms with Gasteiger partial charge in [0.15, 0.2) is 11.7 Å². The largest absolute Gasteiger partial charge is 0.359 e. The average Bonchev–Trinajstić information content (AvgIpc) is 3.00. The van der Waals surface area contributed by atoms with Crippen LogP contribution >= 0.6 is 0 Å². The number of benzene rings is 1. The summed E-state index contributed by atoms with van der Waals surface area (Å²) in [6.07, 6.45) is 0.849. The normalized spacial score (nSPS) is 11.5. The van der Waals surface area contributed by atoms with Crippen molar-refractivity contribution in [2.24, 2.45) is 4.99 Å². The molecule has 2 aromatic rings. The monoisotopic (exact) mass is 304 g/mol. The summed E-state index contributed by atoms with van der Waals surface area (Å²) in [7, 11) is 0. The molecule has 2 N–H and O–H groups in total. The third-order valence-corrected chi connectivity index (χ3v) is 3.08. The lowest BCUT2D eigenvalue weighted by molar-refractivity contribution is 0.374. The van der Waals surface area contributed by atoms with Crippen LogP contribution in [0.15, 0.2) is 39.8 Å². The van der Waals surface area contributed by atoms with E-state index in [-0.39, 0.29) is 5.82 Å². The highest BCUT2D eigenvalue weighted by Gasteiger charge is 2.04. The first-order valence-corrected chi connectivity index (χ1v) is 7.42. The lowest BCUT2D eigenvalue weighted by Gasteiger charge is -2.09. The van der Waals surface area contributed by atoms with Gasteiger partial charge in [-0.15, -0.1) is 0 Å². The highest BCUT2D eigenvalue weighted by atomic mass is 19.1. The minimum atomic E-state index is -0.241. The number of nitrogens with zero attached hydrogens (tertiary/aromatic N) is 2. The summed E-state index contributed by atoms with van der Waals surface area (Å²) in [5, 5.41) is 10.3. The molecule has 1 aromatic heterocycles. The van der Waals surface area contributed by atoms with E-state index in [1.807, 2.05) is 19.9 Å². The fourth-order valence-corrected chi connectivity index (χ4v) is 1.88. The van der Waals surface area contributed by atoms with Crippen molar-refractivity contribution >= 4 is 5.96 Å². The zero-order valence-electron chi connectivity index (χ0n) is 12.9. The molecule has 0 aliphatic rings. The van der Waals surface area contributed by atoms with E-state index in [9.17, 15) is 4.39 Å². The number of rotatable bonds is 6. The van der Waals surface area contributed by atoms with Gasteiger partial charge in [0.1, 0.15) is 5.82 Å². The highest BCUT2D eigenvalue weighted by molar-refractivity contribution is 5.79. The van der Waals surface area contributed by atoms with Gasteiger partial charge >= 0.3 is 0 Å². The van der Waals surface area contributed by atoms with Crippen LogP contribution in [0.2, 0.25) is 0 Å². The van der Waals surface area contributed by atoms with E-state index in [1.165, 1.54) is 12.1 Å². The quantitative estimate of drug-likeness (QED) is 0.636. The van der Waals surface area contributed by atoms with E-state index < -0.39 is 0 Å². The van der Waals surface area contributed by atoms with E-state index in [2.05, 4.69) is 20.8 Å². The second kappa shape index (κ2) is 8.17. The van der Waals surface area contributed by atoms with E-state index in [0.29, 0.717) is 19.0 Å². The molecule has 0 saturated heterocycles. The highest BCUT2D eigenvalue weighted by Crippen LogP contribution is 2.05. The Morgan fingerprint density at radius 1 is 1.23 bits per heavy atom. The summed E-state index contributed by atoms with van der Waals surface area (Å²) >= 11 is 0. The van der Waals surface area contributed by atoms with Crippen molar-refractivity contribution in [2.45, 2.75) is 33.4 Å². The molecule has 0 aliphatic carbocycles. The van der Waals surface area contributed by atoms with Gasteiger partial charge in [0, 0.05) is 12.6 Å². The minimum Gasteiger partial charge on any atom is -0.359 e. The zero-order valence-corrected chi connectivity index (χ0v) is 12.9. The van der Waals surface area contributed by atoms with Gasteiger partial charge in [-0.05, 0) is 31.0 Å². The molecular weight excluding hydrogens is 283 g/mol. The Morgan fingerprint density at radius 3 is 2.64 bits per heavy atom. The smallest absolute Gasteiger partial charge is 0.191 e. The summed E-state index contributed by atoms with van der Waals surface area (Å²) in [5.74, 6) is 1.21. The fraction of sp³-hybridized carbons (Fsp3) is 0.375. The van der Waals surface area contributed by atoms with Crippen LogP contribution in [0.3, 0.4) is 0 Å². The predicted molar refractivity (Wildman–Crippen MR) is 83.9 cm³/mol. The molecule has 0 amide bonds. The molecule has 0 spiro atoms. The molecule has 0 bridgehead atoms. The van der Waals surface area contributed by atoms with Crippen LogP contribution in [0.4, 0.5) is 4.39 Å². The number of aromatic nitrogens is 1. The zero-order chi connectivity index (χ0) is 15.8.